The highest BCUT2D eigenvalue weighted by Crippen LogP contribution is 2.47. The summed E-state index contributed by atoms with van der Waals surface area (Å²) in [5.41, 5.74) is 1.15. The Morgan fingerprint density at radius 2 is 1.82 bits per heavy atom. The van der Waals surface area contributed by atoms with Crippen molar-refractivity contribution in [1.29, 1.82) is 0 Å². The molecule has 0 heterocycles. The second-order valence-corrected chi connectivity index (χ2v) is 5.36. The van der Waals surface area contributed by atoms with Gasteiger partial charge in [0.25, 0.3) is 0 Å². The van der Waals surface area contributed by atoms with Crippen molar-refractivity contribution >= 4 is 0 Å². The van der Waals surface area contributed by atoms with E-state index in [4.69, 9.17) is 0 Å². The highest BCUT2D eigenvalue weighted by Gasteiger charge is 2.41. The normalized spacial score (nSPS) is 19.1. The molecule has 1 aromatic carbocycles. The first-order valence-electron chi connectivity index (χ1n) is 6.18. The summed E-state index contributed by atoms with van der Waals surface area (Å²) in [6, 6.07) is 4.17. The molecule has 0 spiro atoms. The number of hydrogen-bond acceptors (Lipinski definition) is 1. The largest absolute Gasteiger partial charge is 0.313 e. The number of benzene rings is 1. The number of halogens is 2. The third-order valence-electron chi connectivity index (χ3n) is 3.87. The van der Waals surface area contributed by atoms with E-state index >= 15 is 0 Å². The molecule has 0 amide bonds. The fraction of sp³-hybridized carbons (Fsp3) is 0.571. The van der Waals surface area contributed by atoms with Crippen LogP contribution < -0.4 is 5.32 Å². The molecule has 1 nitrogen and oxygen atoms in total. The van der Waals surface area contributed by atoms with Gasteiger partial charge in [-0.15, -0.1) is 0 Å². The van der Waals surface area contributed by atoms with Gasteiger partial charge in [0, 0.05) is 12.1 Å². The molecule has 0 aromatic heterocycles. The summed E-state index contributed by atoms with van der Waals surface area (Å²) in [4.78, 5) is 0. The van der Waals surface area contributed by atoms with E-state index in [2.05, 4.69) is 19.2 Å². The van der Waals surface area contributed by atoms with E-state index in [9.17, 15) is 8.78 Å². The Balaban J connectivity index is 1.81. The van der Waals surface area contributed by atoms with E-state index in [0.717, 1.165) is 12.6 Å². The van der Waals surface area contributed by atoms with Gasteiger partial charge in [-0.3, -0.25) is 0 Å². The van der Waals surface area contributed by atoms with Gasteiger partial charge in [-0.1, -0.05) is 6.92 Å². The van der Waals surface area contributed by atoms with Gasteiger partial charge in [0.15, 0.2) is 0 Å². The number of nitrogens with one attached hydrogen (secondary N) is 1. The maximum absolute atomic E-state index is 13.0. The Labute approximate surface area is 101 Å². The lowest BCUT2D eigenvalue weighted by Crippen LogP contribution is -2.34. The lowest BCUT2D eigenvalue weighted by atomic mass is 10.0. The predicted molar refractivity (Wildman–Crippen MR) is 64.9 cm³/mol. The fourth-order valence-corrected chi connectivity index (χ4v) is 2.06. The topological polar surface area (TPSA) is 12.0 Å². The maximum Gasteiger partial charge on any atom is 0.126 e. The fourth-order valence-electron chi connectivity index (χ4n) is 2.06. The smallest absolute Gasteiger partial charge is 0.126 e. The first kappa shape index (κ1) is 12.5. The number of hydrogen-bond donors (Lipinski definition) is 1. The summed E-state index contributed by atoms with van der Waals surface area (Å²) in [7, 11) is 0. The predicted octanol–water partition coefficient (Wildman–Crippen LogP) is 3.29. The van der Waals surface area contributed by atoms with Crippen LogP contribution in [0.5, 0.6) is 0 Å². The highest BCUT2D eigenvalue weighted by atomic mass is 19.1. The van der Waals surface area contributed by atoms with Crippen molar-refractivity contribution in [1.82, 2.24) is 5.32 Å². The Kier molecular flexibility index (Phi) is 3.48. The molecule has 1 fully saturated rings. The maximum atomic E-state index is 13.0. The molecule has 1 aliphatic carbocycles. The summed E-state index contributed by atoms with van der Waals surface area (Å²) in [6.07, 6.45) is 3.21. The van der Waals surface area contributed by atoms with E-state index in [1.165, 1.54) is 25.0 Å². The molecule has 0 radical (unpaired) electrons. The van der Waals surface area contributed by atoms with Crippen molar-refractivity contribution in [3.63, 3.8) is 0 Å². The standard InChI is InChI=1S/C14H19F2N/c1-10(14(2)4-5-14)17-6-3-11-7-12(15)9-13(16)8-11/h7-10,17H,3-6H2,1-2H3. The highest BCUT2D eigenvalue weighted by molar-refractivity contribution is 5.18. The van der Waals surface area contributed by atoms with Crippen molar-refractivity contribution in [2.24, 2.45) is 5.41 Å². The van der Waals surface area contributed by atoms with Crippen LogP contribution in [-0.2, 0) is 6.42 Å². The molecular weight excluding hydrogens is 220 g/mol. The van der Waals surface area contributed by atoms with Gasteiger partial charge in [0.05, 0.1) is 0 Å². The summed E-state index contributed by atoms with van der Waals surface area (Å²) < 4.78 is 25.9. The van der Waals surface area contributed by atoms with Crippen molar-refractivity contribution < 1.29 is 8.78 Å². The van der Waals surface area contributed by atoms with Gasteiger partial charge in [-0.25, -0.2) is 8.78 Å². The second-order valence-electron chi connectivity index (χ2n) is 5.36. The average molecular weight is 239 g/mol. The summed E-state index contributed by atoms with van der Waals surface area (Å²) in [5, 5.41) is 3.43. The van der Waals surface area contributed by atoms with E-state index in [-0.39, 0.29) is 0 Å². The first-order valence-corrected chi connectivity index (χ1v) is 6.18. The molecule has 1 unspecified atom stereocenters. The summed E-state index contributed by atoms with van der Waals surface area (Å²) >= 11 is 0. The van der Waals surface area contributed by atoms with Crippen LogP contribution in [0, 0.1) is 17.0 Å². The molecule has 1 aliphatic rings. The monoisotopic (exact) mass is 239 g/mol. The molecule has 0 bridgehead atoms. The van der Waals surface area contributed by atoms with Crippen molar-refractivity contribution in [3.8, 4) is 0 Å². The van der Waals surface area contributed by atoms with Crippen molar-refractivity contribution in [2.75, 3.05) is 6.54 Å². The van der Waals surface area contributed by atoms with Crippen LogP contribution in [0.4, 0.5) is 8.78 Å². The Morgan fingerprint density at radius 1 is 1.24 bits per heavy atom. The minimum atomic E-state index is -0.498. The van der Waals surface area contributed by atoms with E-state index in [1.54, 1.807) is 0 Å². The zero-order valence-electron chi connectivity index (χ0n) is 10.4. The van der Waals surface area contributed by atoms with Crippen LogP contribution in [0.3, 0.4) is 0 Å². The molecule has 1 saturated carbocycles. The van der Waals surface area contributed by atoms with Gasteiger partial charge in [0.1, 0.15) is 11.6 Å². The Morgan fingerprint density at radius 3 is 2.35 bits per heavy atom. The Bertz CT molecular complexity index is 379. The molecule has 0 saturated heterocycles. The summed E-state index contributed by atoms with van der Waals surface area (Å²) in [6.45, 7) is 5.21. The second kappa shape index (κ2) is 4.73. The molecule has 17 heavy (non-hydrogen) atoms. The zero-order valence-corrected chi connectivity index (χ0v) is 10.4. The first-order chi connectivity index (χ1) is 7.99. The SMILES string of the molecule is CC(NCCc1cc(F)cc(F)c1)C1(C)CC1. The quantitative estimate of drug-likeness (QED) is 0.831. The van der Waals surface area contributed by atoms with E-state index < -0.39 is 11.6 Å². The molecule has 0 aliphatic heterocycles. The van der Waals surface area contributed by atoms with Crippen LogP contribution in [-0.4, -0.2) is 12.6 Å². The minimum absolute atomic E-state index is 0.438. The zero-order chi connectivity index (χ0) is 12.5. The van der Waals surface area contributed by atoms with Gasteiger partial charge >= 0.3 is 0 Å². The van der Waals surface area contributed by atoms with Gasteiger partial charge in [-0.05, 0) is 55.8 Å². The lowest BCUT2D eigenvalue weighted by molar-refractivity contribution is 0.383. The number of rotatable bonds is 5. The third kappa shape index (κ3) is 3.25. The average Bonchev–Trinajstić information content (AvgIpc) is 2.96. The van der Waals surface area contributed by atoms with Crippen LogP contribution in [0.15, 0.2) is 18.2 Å². The summed E-state index contributed by atoms with van der Waals surface area (Å²) in [5.74, 6) is -0.996. The molecular formula is C14H19F2N. The molecule has 3 heteroatoms. The van der Waals surface area contributed by atoms with Crippen LogP contribution in [0.2, 0.25) is 0 Å². The molecule has 1 aromatic rings. The lowest BCUT2D eigenvalue weighted by Gasteiger charge is -2.20. The van der Waals surface area contributed by atoms with Crippen LogP contribution >= 0.6 is 0 Å². The van der Waals surface area contributed by atoms with Gasteiger partial charge in [-0.2, -0.15) is 0 Å². The van der Waals surface area contributed by atoms with Crippen molar-refractivity contribution in [3.05, 3.63) is 35.4 Å². The van der Waals surface area contributed by atoms with Gasteiger partial charge in [0.2, 0.25) is 0 Å². The van der Waals surface area contributed by atoms with Crippen LogP contribution in [0.25, 0.3) is 0 Å². The minimum Gasteiger partial charge on any atom is -0.313 e. The van der Waals surface area contributed by atoms with E-state index in [1.807, 2.05) is 0 Å². The van der Waals surface area contributed by atoms with Crippen LogP contribution in [0.1, 0.15) is 32.3 Å². The molecule has 2 rings (SSSR count). The third-order valence-corrected chi connectivity index (χ3v) is 3.87. The van der Waals surface area contributed by atoms with Crippen molar-refractivity contribution in [2.45, 2.75) is 39.2 Å². The van der Waals surface area contributed by atoms with Gasteiger partial charge < -0.3 is 5.32 Å². The molecule has 94 valence electrons. The molecule has 1 N–H and O–H groups in total. The molecule has 1 atom stereocenters. The Hall–Kier alpha value is -0.960. The van der Waals surface area contributed by atoms with E-state index in [0.29, 0.717) is 23.4 Å².